The van der Waals surface area contributed by atoms with E-state index in [0.717, 1.165) is 19.3 Å². The van der Waals surface area contributed by atoms with Gasteiger partial charge in [-0.05, 0) is 30.5 Å². The quantitative estimate of drug-likeness (QED) is 0.723. The Morgan fingerprint density at radius 2 is 2.00 bits per heavy atom. The molecule has 0 radical (unpaired) electrons. The molecule has 1 aromatic carbocycles. The predicted molar refractivity (Wildman–Crippen MR) is 83.5 cm³/mol. The molecule has 2 N–H and O–H groups in total. The Morgan fingerprint density at radius 1 is 1.33 bits per heavy atom. The first-order valence-corrected chi connectivity index (χ1v) is 7.04. The summed E-state index contributed by atoms with van der Waals surface area (Å²) in [5.74, 6) is -1.05. The lowest BCUT2D eigenvalue weighted by molar-refractivity contribution is -0.137. The number of hydrogen-bond donors (Lipinski definition) is 2. The maximum atomic E-state index is 12.0. The molecule has 0 fully saturated rings. The molecule has 21 heavy (non-hydrogen) atoms. The van der Waals surface area contributed by atoms with Gasteiger partial charge in [0.25, 0.3) is 0 Å². The smallest absolute Gasteiger partial charge is 0.323 e. The van der Waals surface area contributed by atoms with Crippen molar-refractivity contribution in [3.05, 3.63) is 42.5 Å². The first-order chi connectivity index (χ1) is 10.1. The van der Waals surface area contributed by atoms with Crippen molar-refractivity contribution in [1.29, 1.82) is 0 Å². The molecule has 5 heteroatoms. The summed E-state index contributed by atoms with van der Waals surface area (Å²) in [7, 11) is 0. The number of aryl methyl sites for hydroxylation is 1. The van der Waals surface area contributed by atoms with Gasteiger partial charge in [-0.2, -0.15) is 0 Å². The fourth-order valence-electron chi connectivity index (χ4n) is 1.88. The number of anilines is 1. The molecule has 0 atom stereocenters. The molecule has 0 unspecified atom stereocenters. The van der Waals surface area contributed by atoms with Crippen LogP contribution in [0.15, 0.2) is 36.9 Å². The number of carbonyl (C=O) groups excluding carboxylic acids is 1. The first kappa shape index (κ1) is 16.8. The van der Waals surface area contributed by atoms with Crippen LogP contribution in [0.4, 0.5) is 10.5 Å². The normalized spacial score (nSPS) is 9.95. The van der Waals surface area contributed by atoms with Gasteiger partial charge in [0.15, 0.2) is 0 Å². The maximum absolute atomic E-state index is 12.0. The largest absolute Gasteiger partial charge is 0.480 e. The van der Waals surface area contributed by atoms with E-state index in [2.05, 4.69) is 18.8 Å². The Bertz CT molecular complexity index is 483. The highest BCUT2D eigenvalue weighted by Crippen LogP contribution is 2.12. The molecule has 0 bridgehead atoms. The van der Waals surface area contributed by atoms with Crippen molar-refractivity contribution in [2.75, 3.05) is 18.4 Å². The van der Waals surface area contributed by atoms with E-state index in [-0.39, 0.29) is 13.1 Å². The van der Waals surface area contributed by atoms with Gasteiger partial charge in [-0.3, -0.25) is 4.79 Å². The van der Waals surface area contributed by atoms with E-state index in [9.17, 15) is 9.59 Å². The SMILES string of the molecule is C=CCN(CC(=O)O)C(=O)Nc1ccc(CCCC)cc1. The fourth-order valence-corrected chi connectivity index (χ4v) is 1.88. The van der Waals surface area contributed by atoms with Crippen LogP contribution in [-0.4, -0.2) is 35.1 Å². The van der Waals surface area contributed by atoms with Crippen LogP contribution in [0.2, 0.25) is 0 Å². The summed E-state index contributed by atoms with van der Waals surface area (Å²) >= 11 is 0. The minimum atomic E-state index is -1.05. The lowest BCUT2D eigenvalue weighted by Crippen LogP contribution is -2.38. The van der Waals surface area contributed by atoms with Crippen molar-refractivity contribution < 1.29 is 14.7 Å². The average molecular weight is 290 g/mol. The van der Waals surface area contributed by atoms with E-state index in [0.29, 0.717) is 5.69 Å². The van der Waals surface area contributed by atoms with Crippen LogP contribution >= 0.6 is 0 Å². The first-order valence-electron chi connectivity index (χ1n) is 7.04. The molecule has 1 aromatic rings. The Labute approximate surface area is 125 Å². The highest BCUT2D eigenvalue weighted by atomic mass is 16.4. The van der Waals surface area contributed by atoms with Crippen molar-refractivity contribution in [3.63, 3.8) is 0 Å². The lowest BCUT2D eigenvalue weighted by Gasteiger charge is -2.19. The molecule has 0 aliphatic rings. The third-order valence-corrected chi connectivity index (χ3v) is 2.99. The number of urea groups is 1. The number of carbonyl (C=O) groups is 2. The van der Waals surface area contributed by atoms with Gasteiger partial charge in [0, 0.05) is 12.2 Å². The number of carboxylic acids is 1. The standard InChI is InChI=1S/C16H22N2O3/c1-3-5-6-13-7-9-14(10-8-13)17-16(21)18(11-4-2)12-15(19)20/h4,7-10H,2-3,5-6,11-12H2,1H3,(H,17,21)(H,19,20). The van der Waals surface area contributed by atoms with Crippen molar-refractivity contribution in [3.8, 4) is 0 Å². The van der Waals surface area contributed by atoms with E-state index in [1.165, 1.54) is 16.5 Å². The van der Waals surface area contributed by atoms with Gasteiger partial charge in [-0.25, -0.2) is 4.79 Å². The number of aliphatic carboxylic acids is 1. The van der Waals surface area contributed by atoms with E-state index < -0.39 is 12.0 Å². The minimum Gasteiger partial charge on any atom is -0.480 e. The van der Waals surface area contributed by atoms with Crippen LogP contribution in [0.3, 0.4) is 0 Å². The summed E-state index contributed by atoms with van der Waals surface area (Å²) in [5, 5.41) is 11.5. The monoisotopic (exact) mass is 290 g/mol. The van der Waals surface area contributed by atoms with Crippen molar-refractivity contribution >= 4 is 17.7 Å². The summed E-state index contributed by atoms with van der Waals surface area (Å²) in [6, 6.07) is 7.16. The number of rotatable bonds is 8. The highest BCUT2D eigenvalue weighted by molar-refractivity contribution is 5.91. The molecule has 0 heterocycles. The minimum absolute atomic E-state index is 0.187. The lowest BCUT2D eigenvalue weighted by atomic mass is 10.1. The summed E-state index contributed by atoms with van der Waals surface area (Å²) in [4.78, 5) is 23.9. The molecule has 114 valence electrons. The van der Waals surface area contributed by atoms with Gasteiger partial charge in [-0.15, -0.1) is 6.58 Å². The Kier molecular flexibility index (Phi) is 7.01. The fraction of sp³-hybridized carbons (Fsp3) is 0.375. The molecule has 0 aliphatic carbocycles. The second kappa shape index (κ2) is 8.79. The Balaban J connectivity index is 2.63. The Hall–Kier alpha value is -2.30. The van der Waals surface area contributed by atoms with Gasteiger partial charge in [0.1, 0.15) is 6.54 Å². The third-order valence-electron chi connectivity index (χ3n) is 2.99. The number of nitrogens with zero attached hydrogens (tertiary/aromatic N) is 1. The molecule has 0 saturated heterocycles. The van der Waals surface area contributed by atoms with Crippen molar-refractivity contribution in [2.45, 2.75) is 26.2 Å². The van der Waals surface area contributed by atoms with Crippen molar-refractivity contribution in [2.24, 2.45) is 0 Å². The van der Waals surface area contributed by atoms with Crippen LogP contribution in [0.1, 0.15) is 25.3 Å². The number of unbranched alkanes of at least 4 members (excludes halogenated alkanes) is 1. The van der Waals surface area contributed by atoms with Gasteiger partial charge < -0.3 is 15.3 Å². The summed E-state index contributed by atoms with van der Waals surface area (Å²) in [6.45, 7) is 5.50. The summed E-state index contributed by atoms with van der Waals surface area (Å²) in [6.07, 6.45) is 4.80. The molecular formula is C16H22N2O3. The zero-order valence-corrected chi connectivity index (χ0v) is 12.3. The maximum Gasteiger partial charge on any atom is 0.323 e. The van der Waals surface area contributed by atoms with E-state index in [1.807, 2.05) is 24.3 Å². The third kappa shape index (κ3) is 6.12. The second-order valence-electron chi connectivity index (χ2n) is 4.79. The second-order valence-corrected chi connectivity index (χ2v) is 4.79. The van der Waals surface area contributed by atoms with Crippen LogP contribution in [-0.2, 0) is 11.2 Å². The van der Waals surface area contributed by atoms with Crippen LogP contribution in [0.5, 0.6) is 0 Å². The van der Waals surface area contributed by atoms with Crippen LogP contribution < -0.4 is 5.32 Å². The van der Waals surface area contributed by atoms with E-state index >= 15 is 0 Å². The number of carboxylic acid groups (broad SMARTS) is 1. The molecular weight excluding hydrogens is 268 g/mol. The van der Waals surface area contributed by atoms with Crippen LogP contribution in [0.25, 0.3) is 0 Å². The number of benzene rings is 1. The molecule has 1 rings (SSSR count). The average Bonchev–Trinajstić information content (AvgIpc) is 2.45. The topological polar surface area (TPSA) is 69.6 Å². The molecule has 0 saturated carbocycles. The molecule has 0 aliphatic heterocycles. The molecule has 2 amide bonds. The van der Waals surface area contributed by atoms with Gasteiger partial charge in [0.05, 0.1) is 0 Å². The van der Waals surface area contributed by atoms with Gasteiger partial charge >= 0.3 is 12.0 Å². The zero-order chi connectivity index (χ0) is 15.7. The van der Waals surface area contributed by atoms with Gasteiger partial charge in [0.2, 0.25) is 0 Å². The van der Waals surface area contributed by atoms with E-state index in [4.69, 9.17) is 5.11 Å². The summed E-state index contributed by atoms with van der Waals surface area (Å²) < 4.78 is 0. The number of amides is 2. The van der Waals surface area contributed by atoms with Crippen molar-refractivity contribution in [1.82, 2.24) is 4.90 Å². The number of nitrogens with one attached hydrogen (secondary N) is 1. The molecule has 0 aromatic heterocycles. The summed E-state index contributed by atoms with van der Waals surface area (Å²) in [5.41, 5.74) is 1.88. The highest BCUT2D eigenvalue weighted by Gasteiger charge is 2.15. The molecule has 0 spiro atoms. The molecule has 5 nitrogen and oxygen atoms in total. The van der Waals surface area contributed by atoms with Crippen LogP contribution in [0, 0.1) is 0 Å². The Morgan fingerprint density at radius 3 is 2.52 bits per heavy atom. The predicted octanol–water partition coefficient (Wildman–Crippen LogP) is 3.13. The van der Waals surface area contributed by atoms with E-state index in [1.54, 1.807) is 0 Å². The van der Waals surface area contributed by atoms with Gasteiger partial charge in [-0.1, -0.05) is 31.6 Å². The number of hydrogen-bond acceptors (Lipinski definition) is 2. The zero-order valence-electron chi connectivity index (χ0n) is 12.3.